The zero-order valence-corrected chi connectivity index (χ0v) is 13.9. The molecule has 0 radical (unpaired) electrons. The lowest BCUT2D eigenvalue weighted by Crippen LogP contribution is -2.48. The Hall–Kier alpha value is -1.59. The molecule has 0 unspecified atom stereocenters. The van der Waals surface area contributed by atoms with E-state index in [9.17, 15) is 9.59 Å². The summed E-state index contributed by atoms with van der Waals surface area (Å²) < 4.78 is 0. The first-order valence-electron chi connectivity index (χ1n) is 7.29. The fourth-order valence-electron chi connectivity index (χ4n) is 2.19. The van der Waals surface area contributed by atoms with Crippen molar-refractivity contribution in [2.45, 2.75) is 20.8 Å². The van der Waals surface area contributed by atoms with Crippen LogP contribution in [0.2, 0.25) is 5.02 Å². The van der Waals surface area contributed by atoms with E-state index >= 15 is 0 Å². The van der Waals surface area contributed by atoms with Crippen molar-refractivity contribution in [1.82, 2.24) is 5.06 Å². The van der Waals surface area contributed by atoms with Gasteiger partial charge in [-0.05, 0) is 32.9 Å². The van der Waals surface area contributed by atoms with Crippen molar-refractivity contribution in [3.63, 3.8) is 0 Å². The number of hydroxylamine groups is 2. The van der Waals surface area contributed by atoms with Crippen molar-refractivity contribution in [1.29, 1.82) is 0 Å². The number of rotatable bonds is 3. The van der Waals surface area contributed by atoms with Crippen LogP contribution < -0.4 is 4.90 Å². The fraction of sp³-hybridized carbons (Fsp3) is 0.500. The number of aldehydes is 1. The third-order valence-corrected chi connectivity index (χ3v) is 3.88. The number of benzene rings is 1. The number of nitrogens with zero attached hydrogens (tertiary/aromatic N) is 2. The van der Waals surface area contributed by atoms with Crippen molar-refractivity contribution < 1.29 is 14.4 Å². The molecule has 1 fully saturated rings. The van der Waals surface area contributed by atoms with Gasteiger partial charge in [0.25, 0.3) is 0 Å². The molecular formula is C16H21ClN2O3. The van der Waals surface area contributed by atoms with Gasteiger partial charge in [-0.1, -0.05) is 17.7 Å². The molecule has 5 nitrogen and oxygen atoms in total. The third kappa shape index (κ3) is 3.78. The van der Waals surface area contributed by atoms with Crippen LogP contribution in [0.4, 0.5) is 5.69 Å². The number of hydrogen-bond acceptors (Lipinski definition) is 5. The molecule has 6 heteroatoms. The zero-order chi connectivity index (χ0) is 16.3. The molecule has 2 rings (SSSR count). The van der Waals surface area contributed by atoms with Crippen LogP contribution >= 0.6 is 11.6 Å². The number of hydrogen-bond donors (Lipinski definition) is 0. The lowest BCUT2D eigenvalue weighted by atomic mass is 9.98. The van der Waals surface area contributed by atoms with Crippen LogP contribution in [0, 0.1) is 5.41 Å². The first-order chi connectivity index (χ1) is 10.3. The summed E-state index contributed by atoms with van der Waals surface area (Å²) in [5.74, 6) is -0.239. The van der Waals surface area contributed by atoms with Crippen LogP contribution in [0.1, 0.15) is 31.1 Å². The molecule has 0 amide bonds. The van der Waals surface area contributed by atoms with E-state index in [1.165, 1.54) is 0 Å². The maximum absolute atomic E-state index is 11.9. The van der Waals surface area contributed by atoms with Crippen LogP contribution in [0.3, 0.4) is 0 Å². The Morgan fingerprint density at radius 2 is 1.86 bits per heavy atom. The SMILES string of the molecule is CC(C)(C)C(=O)ON1CCN(c2cccc(Cl)c2C=O)CC1. The van der Waals surface area contributed by atoms with Crippen LogP contribution in [0.15, 0.2) is 18.2 Å². The predicted octanol–water partition coefficient (Wildman–Crippen LogP) is 2.78. The molecule has 1 aromatic rings. The molecule has 0 N–H and O–H groups in total. The minimum absolute atomic E-state index is 0.239. The van der Waals surface area contributed by atoms with Gasteiger partial charge in [0.05, 0.1) is 29.1 Å². The van der Waals surface area contributed by atoms with Gasteiger partial charge >= 0.3 is 5.97 Å². The van der Waals surface area contributed by atoms with Crippen LogP contribution in [-0.2, 0) is 9.63 Å². The minimum Gasteiger partial charge on any atom is -0.368 e. The minimum atomic E-state index is -0.519. The van der Waals surface area contributed by atoms with E-state index in [1.807, 2.05) is 32.9 Å². The van der Waals surface area contributed by atoms with Crippen molar-refractivity contribution in [3.8, 4) is 0 Å². The van der Waals surface area contributed by atoms with Crippen LogP contribution in [0.25, 0.3) is 0 Å². The molecule has 0 atom stereocenters. The molecule has 0 spiro atoms. The topological polar surface area (TPSA) is 49.9 Å². The molecule has 1 aliphatic heterocycles. The van der Waals surface area contributed by atoms with Gasteiger partial charge in [-0.2, -0.15) is 0 Å². The zero-order valence-electron chi connectivity index (χ0n) is 13.1. The van der Waals surface area contributed by atoms with E-state index in [1.54, 1.807) is 11.1 Å². The average Bonchev–Trinajstić information content (AvgIpc) is 2.47. The lowest BCUT2D eigenvalue weighted by molar-refractivity contribution is -0.201. The molecular weight excluding hydrogens is 304 g/mol. The lowest BCUT2D eigenvalue weighted by Gasteiger charge is -2.36. The second kappa shape index (κ2) is 6.67. The number of piperazine rings is 1. The smallest absolute Gasteiger partial charge is 0.330 e. The molecule has 0 aliphatic carbocycles. The van der Waals surface area contributed by atoms with E-state index < -0.39 is 5.41 Å². The summed E-state index contributed by atoms with van der Waals surface area (Å²) in [4.78, 5) is 30.6. The quantitative estimate of drug-likeness (QED) is 0.800. The summed E-state index contributed by atoms with van der Waals surface area (Å²) in [6.07, 6.45) is 0.781. The first kappa shape index (κ1) is 16.8. The van der Waals surface area contributed by atoms with Gasteiger partial charge in [-0.15, -0.1) is 5.06 Å². The highest BCUT2D eigenvalue weighted by atomic mass is 35.5. The van der Waals surface area contributed by atoms with Gasteiger partial charge in [0.1, 0.15) is 0 Å². The molecule has 22 heavy (non-hydrogen) atoms. The van der Waals surface area contributed by atoms with E-state index in [0.717, 1.165) is 12.0 Å². The number of carbonyl (C=O) groups excluding carboxylic acids is 2. The molecule has 120 valence electrons. The Balaban J connectivity index is 2.00. The summed E-state index contributed by atoms with van der Waals surface area (Å²) in [6.45, 7) is 7.99. The van der Waals surface area contributed by atoms with Crippen LogP contribution in [0.5, 0.6) is 0 Å². The molecule has 1 saturated heterocycles. The van der Waals surface area contributed by atoms with Gasteiger partial charge in [-0.3, -0.25) is 4.79 Å². The highest BCUT2D eigenvalue weighted by Crippen LogP contribution is 2.27. The first-order valence-corrected chi connectivity index (χ1v) is 7.66. The normalized spacial score (nSPS) is 16.5. The van der Waals surface area contributed by atoms with Crippen molar-refractivity contribution in [2.24, 2.45) is 5.41 Å². The third-order valence-electron chi connectivity index (χ3n) is 3.55. The maximum atomic E-state index is 11.9. The van der Waals surface area contributed by atoms with Crippen LogP contribution in [-0.4, -0.2) is 43.5 Å². The second-order valence-electron chi connectivity index (χ2n) is 6.34. The van der Waals surface area contributed by atoms with Gasteiger partial charge < -0.3 is 9.74 Å². The summed E-state index contributed by atoms with van der Waals surface area (Å²) >= 11 is 6.06. The molecule has 1 aromatic carbocycles. The monoisotopic (exact) mass is 324 g/mol. The molecule has 0 aromatic heterocycles. The van der Waals surface area contributed by atoms with Gasteiger partial charge in [-0.25, -0.2) is 4.79 Å². The summed E-state index contributed by atoms with van der Waals surface area (Å²) in [6, 6.07) is 5.42. The highest BCUT2D eigenvalue weighted by Gasteiger charge is 2.28. The van der Waals surface area contributed by atoms with Gasteiger partial charge in [0.15, 0.2) is 6.29 Å². The Morgan fingerprint density at radius 1 is 1.23 bits per heavy atom. The number of anilines is 1. The van der Waals surface area contributed by atoms with Crippen molar-refractivity contribution >= 4 is 29.5 Å². The Labute approximate surface area is 135 Å². The largest absolute Gasteiger partial charge is 0.368 e. The maximum Gasteiger partial charge on any atom is 0.330 e. The van der Waals surface area contributed by atoms with E-state index in [0.29, 0.717) is 36.8 Å². The summed E-state index contributed by atoms with van der Waals surface area (Å²) in [7, 11) is 0. The Kier molecular flexibility index (Phi) is 5.08. The van der Waals surface area contributed by atoms with Gasteiger partial charge in [0.2, 0.25) is 0 Å². The molecule has 1 heterocycles. The number of carbonyl (C=O) groups is 2. The van der Waals surface area contributed by atoms with Gasteiger partial charge in [0, 0.05) is 18.8 Å². The van der Waals surface area contributed by atoms with E-state index in [2.05, 4.69) is 4.90 Å². The standard InChI is InChI=1S/C16H21ClN2O3/c1-16(2,3)15(21)22-19-9-7-18(8-10-19)14-6-4-5-13(17)12(14)11-20/h4-6,11H,7-10H2,1-3H3. The predicted molar refractivity (Wildman–Crippen MR) is 86.2 cm³/mol. The summed E-state index contributed by atoms with van der Waals surface area (Å²) in [5, 5.41) is 2.13. The van der Waals surface area contributed by atoms with E-state index in [4.69, 9.17) is 16.4 Å². The molecule has 0 bridgehead atoms. The van der Waals surface area contributed by atoms with E-state index in [-0.39, 0.29) is 5.97 Å². The molecule has 1 aliphatic rings. The van der Waals surface area contributed by atoms with Crippen molar-refractivity contribution in [2.75, 3.05) is 31.1 Å². The average molecular weight is 325 g/mol. The Bertz CT molecular complexity index is 561. The van der Waals surface area contributed by atoms with Crippen molar-refractivity contribution in [3.05, 3.63) is 28.8 Å². The number of halogens is 1. The Morgan fingerprint density at radius 3 is 2.41 bits per heavy atom. The fourth-order valence-corrected chi connectivity index (χ4v) is 2.41. The highest BCUT2D eigenvalue weighted by molar-refractivity contribution is 6.33. The molecule has 0 saturated carbocycles. The summed E-state index contributed by atoms with van der Waals surface area (Å²) in [5.41, 5.74) is 0.808. The second-order valence-corrected chi connectivity index (χ2v) is 6.74.